The van der Waals surface area contributed by atoms with Gasteiger partial charge in [-0.2, -0.15) is 0 Å². The molecule has 2 N–H and O–H groups in total. The Kier molecular flexibility index (Phi) is 1.93. The van der Waals surface area contributed by atoms with E-state index < -0.39 is 6.10 Å². The van der Waals surface area contributed by atoms with Gasteiger partial charge in [-0.25, -0.2) is 0 Å². The highest BCUT2D eigenvalue weighted by Gasteiger charge is 2.45. The van der Waals surface area contributed by atoms with Crippen molar-refractivity contribution in [2.75, 3.05) is 0 Å². The zero-order chi connectivity index (χ0) is 8.72. The lowest BCUT2D eigenvalue weighted by Crippen LogP contribution is -2.30. The van der Waals surface area contributed by atoms with Gasteiger partial charge in [0.1, 0.15) is 0 Å². The number of aliphatic hydroxyl groups excluding tert-OH is 1. The van der Waals surface area contributed by atoms with E-state index in [4.69, 9.17) is 10.1 Å². The minimum atomic E-state index is -0.532. The average Bonchev–Trinajstić information content (AvgIpc) is 2.79. The number of nitrogens with one attached hydrogen (secondary N) is 1. The highest BCUT2D eigenvalue weighted by Crippen LogP contribution is 2.40. The molecule has 0 amide bonds. The van der Waals surface area contributed by atoms with Crippen LogP contribution in [0.1, 0.15) is 26.2 Å². The van der Waals surface area contributed by atoms with Crippen LogP contribution in [0.2, 0.25) is 0 Å². The van der Waals surface area contributed by atoms with Gasteiger partial charge in [-0.3, -0.25) is 0 Å². The highest BCUT2D eigenvalue weighted by molar-refractivity contribution is 5.83. The molecular weight excluding hydrogens is 154 g/mol. The molecule has 1 saturated heterocycles. The van der Waals surface area contributed by atoms with Crippen LogP contribution < -0.4 is 0 Å². The Morgan fingerprint density at radius 3 is 2.83 bits per heavy atom. The molecule has 0 aromatic rings. The maximum atomic E-state index is 9.61. The summed E-state index contributed by atoms with van der Waals surface area (Å²) in [4.78, 5) is 0. The first-order chi connectivity index (χ1) is 5.68. The van der Waals surface area contributed by atoms with Crippen LogP contribution in [0.5, 0.6) is 0 Å². The first-order valence-corrected chi connectivity index (χ1v) is 4.57. The molecule has 0 aromatic carbocycles. The molecule has 2 aliphatic rings. The second-order valence-corrected chi connectivity index (χ2v) is 3.91. The van der Waals surface area contributed by atoms with Crippen molar-refractivity contribution in [1.29, 1.82) is 5.41 Å². The summed E-state index contributed by atoms with van der Waals surface area (Å²) in [7, 11) is 0. The van der Waals surface area contributed by atoms with Crippen molar-refractivity contribution < 1.29 is 9.84 Å². The van der Waals surface area contributed by atoms with Gasteiger partial charge in [-0.15, -0.1) is 0 Å². The number of epoxide rings is 1. The Labute approximate surface area is 72.2 Å². The van der Waals surface area contributed by atoms with E-state index in [-0.39, 0.29) is 5.92 Å². The van der Waals surface area contributed by atoms with E-state index in [1.165, 1.54) is 0 Å². The van der Waals surface area contributed by atoms with Crippen molar-refractivity contribution in [2.45, 2.75) is 44.5 Å². The van der Waals surface area contributed by atoms with Gasteiger partial charge in [-0.1, -0.05) is 0 Å². The van der Waals surface area contributed by atoms with Gasteiger partial charge in [0, 0.05) is 5.71 Å². The Balaban J connectivity index is 1.91. The molecule has 3 nitrogen and oxygen atoms in total. The van der Waals surface area contributed by atoms with Crippen LogP contribution in [0.25, 0.3) is 0 Å². The molecule has 0 radical (unpaired) electrons. The fraction of sp³-hybridized carbons (Fsp3) is 0.889. The number of hydrogen-bond acceptors (Lipinski definition) is 3. The average molecular weight is 169 g/mol. The Morgan fingerprint density at radius 1 is 1.50 bits per heavy atom. The van der Waals surface area contributed by atoms with Crippen LogP contribution in [0.3, 0.4) is 0 Å². The molecule has 12 heavy (non-hydrogen) atoms. The standard InChI is InChI=1S/C9H15NO2/c1-5(10)9(11)6-2-3-7-8(4-6)12-7/h6-11H,2-4H2,1H3. The highest BCUT2D eigenvalue weighted by atomic mass is 16.6. The van der Waals surface area contributed by atoms with Gasteiger partial charge >= 0.3 is 0 Å². The van der Waals surface area contributed by atoms with E-state index in [2.05, 4.69) is 0 Å². The summed E-state index contributed by atoms with van der Waals surface area (Å²) in [6, 6.07) is 0. The van der Waals surface area contributed by atoms with Crippen molar-refractivity contribution in [2.24, 2.45) is 5.92 Å². The van der Waals surface area contributed by atoms with Crippen LogP contribution in [-0.2, 0) is 4.74 Å². The molecule has 1 aliphatic heterocycles. The monoisotopic (exact) mass is 169 g/mol. The summed E-state index contributed by atoms with van der Waals surface area (Å²) in [5.74, 6) is 0.270. The summed E-state index contributed by atoms with van der Waals surface area (Å²) >= 11 is 0. The zero-order valence-corrected chi connectivity index (χ0v) is 7.29. The molecule has 0 aromatic heterocycles. The van der Waals surface area contributed by atoms with E-state index in [1.807, 2.05) is 0 Å². The maximum Gasteiger partial charge on any atom is 0.0940 e. The van der Waals surface area contributed by atoms with E-state index in [1.54, 1.807) is 6.92 Å². The normalized spacial score (nSPS) is 41.7. The van der Waals surface area contributed by atoms with Crippen LogP contribution >= 0.6 is 0 Å². The lowest BCUT2D eigenvalue weighted by atomic mass is 9.84. The Morgan fingerprint density at radius 2 is 2.25 bits per heavy atom. The summed E-state index contributed by atoms with van der Waals surface area (Å²) in [5.41, 5.74) is 0.388. The van der Waals surface area contributed by atoms with Crippen LogP contribution in [-0.4, -0.2) is 29.1 Å². The van der Waals surface area contributed by atoms with Crippen molar-refractivity contribution in [3.05, 3.63) is 0 Å². The zero-order valence-electron chi connectivity index (χ0n) is 7.29. The maximum absolute atomic E-state index is 9.61. The summed E-state index contributed by atoms with van der Waals surface area (Å²) in [5, 5.41) is 16.9. The minimum Gasteiger partial charge on any atom is -0.387 e. The predicted octanol–water partition coefficient (Wildman–Crippen LogP) is 0.954. The van der Waals surface area contributed by atoms with Gasteiger partial charge in [0.25, 0.3) is 0 Å². The van der Waals surface area contributed by atoms with E-state index in [0.29, 0.717) is 17.9 Å². The largest absolute Gasteiger partial charge is 0.387 e. The number of rotatable bonds is 2. The number of aliphatic hydroxyl groups is 1. The number of fused-ring (bicyclic) bond motifs is 1. The van der Waals surface area contributed by atoms with Crippen LogP contribution in [0, 0.1) is 11.3 Å². The third kappa shape index (κ3) is 1.39. The van der Waals surface area contributed by atoms with Crippen LogP contribution in [0.15, 0.2) is 0 Å². The quantitative estimate of drug-likeness (QED) is 0.477. The van der Waals surface area contributed by atoms with Crippen molar-refractivity contribution in [3.63, 3.8) is 0 Å². The van der Waals surface area contributed by atoms with Crippen molar-refractivity contribution in [3.8, 4) is 0 Å². The molecule has 2 rings (SSSR count). The molecule has 68 valence electrons. The first kappa shape index (κ1) is 8.20. The van der Waals surface area contributed by atoms with Gasteiger partial charge in [0.05, 0.1) is 18.3 Å². The third-order valence-electron chi connectivity index (χ3n) is 2.93. The molecule has 1 saturated carbocycles. The van der Waals surface area contributed by atoms with Crippen LogP contribution in [0.4, 0.5) is 0 Å². The van der Waals surface area contributed by atoms with Crippen molar-refractivity contribution in [1.82, 2.24) is 0 Å². The second kappa shape index (κ2) is 2.82. The minimum absolute atomic E-state index is 0.270. The summed E-state index contributed by atoms with van der Waals surface area (Å²) in [6.07, 6.45) is 3.38. The Hall–Kier alpha value is -0.410. The molecule has 4 atom stereocenters. The molecular formula is C9H15NO2. The first-order valence-electron chi connectivity index (χ1n) is 4.57. The Bertz CT molecular complexity index is 205. The van der Waals surface area contributed by atoms with Crippen molar-refractivity contribution >= 4 is 5.71 Å². The predicted molar refractivity (Wildman–Crippen MR) is 45.4 cm³/mol. The molecule has 1 heterocycles. The smallest absolute Gasteiger partial charge is 0.0940 e. The molecule has 3 heteroatoms. The van der Waals surface area contributed by atoms with Gasteiger partial charge in [-0.05, 0) is 32.1 Å². The fourth-order valence-corrected chi connectivity index (χ4v) is 2.08. The lowest BCUT2D eigenvalue weighted by molar-refractivity contribution is 0.145. The van der Waals surface area contributed by atoms with E-state index in [9.17, 15) is 5.11 Å². The fourth-order valence-electron chi connectivity index (χ4n) is 2.08. The van der Waals surface area contributed by atoms with E-state index >= 15 is 0 Å². The summed E-state index contributed by atoms with van der Waals surface area (Å²) < 4.78 is 5.36. The molecule has 0 spiro atoms. The second-order valence-electron chi connectivity index (χ2n) is 3.91. The van der Waals surface area contributed by atoms with Gasteiger partial charge < -0.3 is 15.3 Å². The van der Waals surface area contributed by atoms with Gasteiger partial charge in [0.15, 0.2) is 0 Å². The SMILES string of the molecule is CC(=N)C(O)C1CCC2OC2C1. The topological polar surface area (TPSA) is 56.6 Å². The molecule has 1 aliphatic carbocycles. The van der Waals surface area contributed by atoms with E-state index in [0.717, 1.165) is 19.3 Å². The molecule has 2 fully saturated rings. The summed E-state index contributed by atoms with van der Waals surface area (Å²) in [6.45, 7) is 1.67. The molecule has 4 unspecified atom stereocenters. The van der Waals surface area contributed by atoms with Gasteiger partial charge in [0.2, 0.25) is 0 Å². The molecule has 0 bridgehead atoms. The lowest BCUT2D eigenvalue weighted by Gasteiger charge is -2.23. The third-order valence-corrected chi connectivity index (χ3v) is 2.93. The number of ether oxygens (including phenoxy) is 1. The number of hydrogen-bond donors (Lipinski definition) is 2.